The second-order valence-electron chi connectivity index (χ2n) is 12.5. The van der Waals surface area contributed by atoms with E-state index < -0.39 is 0 Å². The molecule has 4 rings (SSSR count). The van der Waals surface area contributed by atoms with Gasteiger partial charge in [0.05, 0.1) is 5.69 Å². The van der Waals surface area contributed by atoms with Crippen molar-refractivity contribution >= 4 is 17.2 Å². The lowest BCUT2D eigenvalue weighted by molar-refractivity contribution is -0.132. The van der Waals surface area contributed by atoms with Crippen LogP contribution < -0.4 is 5.69 Å². The first-order valence-corrected chi connectivity index (χ1v) is 14.3. The molecule has 1 aromatic carbocycles. The Labute approximate surface area is 225 Å². The van der Waals surface area contributed by atoms with Gasteiger partial charge < -0.3 is 4.90 Å². The number of likely N-dealkylation sites (tertiary alicyclic amines) is 1. The van der Waals surface area contributed by atoms with Crippen LogP contribution in [0, 0.1) is 6.92 Å². The van der Waals surface area contributed by atoms with Gasteiger partial charge in [-0.1, -0.05) is 47.6 Å². The normalized spacial score (nSPS) is 15.4. The number of imidazole rings is 1. The summed E-state index contributed by atoms with van der Waals surface area (Å²) in [4.78, 5) is 32.4. The first-order chi connectivity index (χ1) is 17.3. The lowest BCUT2D eigenvalue weighted by Crippen LogP contribution is -2.41. The van der Waals surface area contributed by atoms with Gasteiger partial charge in [-0.25, -0.2) is 9.78 Å². The molecule has 0 bridgehead atoms. The van der Waals surface area contributed by atoms with Gasteiger partial charge in [0.2, 0.25) is 5.91 Å². The van der Waals surface area contributed by atoms with E-state index in [1.165, 1.54) is 21.3 Å². The molecule has 1 amide bonds. The maximum Gasteiger partial charge on any atom is 0.328 e. The van der Waals surface area contributed by atoms with Crippen molar-refractivity contribution in [1.29, 1.82) is 0 Å². The summed E-state index contributed by atoms with van der Waals surface area (Å²) in [5.74, 6) is 0.370. The third-order valence-electron chi connectivity index (χ3n) is 7.57. The molecule has 7 heteroatoms. The highest BCUT2D eigenvalue weighted by Crippen LogP contribution is 2.37. The molecule has 6 nitrogen and oxygen atoms in total. The molecule has 200 valence electrons. The van der Waals surface area contributed by atoms with Crippen molar-refractivity contribution in [2.45, 2.75) is 98.1 Å². The molecule has 37 heavy (non-hydrogen) atoms. The number of benzene rings is 1. The molecular weight excluding hydrogens is 480 g/mol. The van der Waals surface area contributed by atoms with Crippen LogP contribution in [0.1, 0.15) is 89.7 Å². The summed E-state index contributed by atoms with van der Waals surface area (Å²) in [5.41, 5.74) is 5.92. The van der Waals surface area contributed by atoms with Crippen LogP contribution in [0.3, 0.4) is 0 Å². The lowest BCUT2D eigenvalue weighted by atomic mass is 9.79. The molecule has 3 heterocycles. The van der Waals surface area contributed by atoms with Crippen molar-refractivity contribution in [1.82, 2.24) is 19.0 Å². The summed E-state index contributed by atoms with van der Waals surface area (Å²) in [6, 6.07) is 6.94. The molecule has 0 atom stereocenters. The smallest absolute Gasteiger partial charge is 0.328 e. The van der Waals surface area contributed by atoms with Crippen molar-refractivity contribution in [3.63, 3.8) is 0 Å². The third-order valence-corrected chi connectivity index (χ3v) is 8.48. The van der Waals surface area contributed by atoms with E-state index >= 15 is 0 Å². The topological polar surface area (TPSA) is 60.1 Å². The summed E-state index contributed by atoms with van der Waals surface area (Å²) in [5, 5.41) is 3.27. The average Bonchev–Trinajstić information content (AvgIpc) is 3.42. The quantitative estimate of drug-likeness (QED) is 0.407. The van der Waals surface area contributed by atoms with Gasteiger partial charge in [0.1, 0.15) is 11.6 Å². The molecule has 3 aromatic rings. The Morgan fingerprint density at radius 3 is 2.14 bits per heavy atom. The zero-order valence-electron chi connectivity index (χ0n) is 23.7. The van der Waals surface area contributed by atoms with Crippen molar-refractivity contribution in [2.75, 3.05) is 13.1 Å². The van der Waals surface area contributed by atoms with Gasteiger partial charge in [0, 0.05) is 48.4 Å². The fraction of sp³-hybridized carbons (Fsp3) is 0.567. The van der Waals surface area contributed by atoms with Gasteiger partial charge in [0.15, 0.2) is 0 Å². The summed E-state index contributed by atoms with van der Waals surface area (Å²) >= 11 is 1.72. The number of carbonyl (C=O) groups is 1. The van der Waals surface area contributed by atoms with Crippen molar-refractivity contribution in [3.05, 3.63) is 62.8 Å². The highest BCUT2D eigenvalue weighted by Gasteiger charge is 2.27. The molecule has 1 aliphatic heterocycles. The first kappa shape index (κ1) is 27.4. The summed E-state index contributed by atoms with van der Waals surface area (Å²) in [7, 11) is 0. The molecule has 1 saturated heterocycles. The number of thiazole rings is 1. The lowest BCUT2D eigenvalue weighted by Gasteiger charge is -2.31. The Kier molecular flexibility index (Phi) is 7.57. The number of amides is 1. The van der Waals surface area contributed by atoms with Crippen LogP contribution in [-0.4, -0.2) is 38.0 Å². The largest absolute Gasteiger partial charge is 0.341 e. The predicted molar refractivity (Wildman–Crippen MR) is 153 cm³/mol. The van der Waals surface area contributed by atoms with Gasteiger partial charge in [0.25, 0.3) is 0 Å². The molecule has 0 spiro atoms. The molecule has 1 fully saturated rings. The van der Waals surface area contributed by atoms with Crippen molar-refractivity contribution < 1.29 is 4.79 Å². The maximum absolute atomic E-state index is 12.9. The standard InChI is InChI=1S/C30H42N4O2S/c1-9-34-20(2)17-33(28(34)36)18-26(35)32-12-10-21(11-13-32)25-19-37-27(31-25)22-14-23(29(3,4)5)16-24(15-22)30(6,7)8/h14-17,19,21H,9-13,18H2,1-8H3. The van der Waals surface area contributed by atoms with E-state index in [0.29, 0.717) is 25.6 Å². The monoisotopic (exact) mass is 522 g/mol. The molecule has 0 saturated carbocycles. The van der Waals surface area contributed by atoms with E-state index in [1.54, 1.807) is 22.1 Å². The second-order valence-corrected chi connectivity index (χ2v) is 13.3. The fourth-order valence-electron chi connectivity index (χ4n) is 5.05. The Balaban J connectivity index is 1.45. The molecule has 0 N–H and O–H groups in total. The molecule has 1 aliphatic rings. The second kappa shape index (κ2) is 10.2. The van der Waals surface area contributed by atoms with E-state index in [1.807, 2.05) is 18.7 Å². The van der Waals surface area contributed by atoms with Crippen LogP contribution in [0.4, 0.5) is 0 Å². The summed E-state index contributed by atoms with van der Waals surface area (Å²) < 4.78 is 3.23. The number of aryl methyl sites for hydroxylation is 1. The van der Waals surface area contributed by atoms with E-state index in [0.717, 1.165) is 29.2 Å². The summed E-state index contributed by atoms with van der Waals surface area (Å²) in [6.07, 6.45) is 3.58. The number of hydrogen-bond donors (Lipinski definition) is 0. The van der Waals surface area contributed by atoms with Crippen LogP contribution in [0.2, 0.25) is 0 Å². The maximum atomic E-state index is 12.9. The highest BCUT2D eigenvalue weighted by atomic mass is 32.1. The van der Waals surface area contributed by atoms with Crippen LogP contribution in [0.25, 0.3) is 10.6 Å². The minimum absolute atomic E-state index is 0.0153. The van der Waals surface area contributed by atoms with E-state index in [-0.39, 0.29) is 29.0 Å². The number of nitrogens with zero attached hydrogens (tertiary/aromatic N) is 4. The van der Waals surface area contributed by atoms with Crippen LogP contribution in [0.5, 0.6) is 0 Å². The van der Waals surface area contributed by atoms with Crippen molar-refractivity contribution in [3.8, 4) is 10.6 Å². The van der Waals surface area contributed by atoms with Gasteiger partial charge >= 0.3 is 5.69 Å². The molecule has 0 unspecified atom stereocenters. The average molecular weight is 523 g/mol. The van der Waals surface area contributed by atoms with E-state index in [2.05, 4.69) is 65.1 Å². The van der Waals surface area contributed by atoms with Gasteiger partial charge in [-0.3, -0.25) is 13.9 Å². The molecule has 0 aliphatic carbocycles. The molecule has 0 radical (unpaired) electrons. The van der Waals surface area contributed by atoms with Crippen molar-refractivity contribution in [2.24, 2.45) is 0 Å². The predicted octanol–water partition coefficient (Wildman–Crippen LogP) is 6.10. The number of hydrogen-bond acceptors (Lipinski definition) is 4. The van der Waals surface area contributed by atoms with E-state index in [9.17, 15) is 9.59 Å². The number of aromatic nitrogens is 3. The molecule has 2 aromatic heterocycles. The number of rotatable bonds is 5. The first-order valence-electron chi connectivity index (χ1n) is 13.4. The number of piperidine rings is 1. The van der Waals surface area contributed by atoms with E-state index in [4.69, 9.17) is 4.98 Å². The van der Waals surface area contributed by atoms with Gasteiger partial charge in [-0.15, -0.1) is 11.3 Å². The summed E-state index contributed by atoms with van der Waals surface area (Å²) in [6.45, 7) is 19.5. The van der Waals surface area contributed by atoms with Crippen LogP contribution in [-0.2, 0) is 28.7 Å². The van der Waals surface area contributed by atoms with Gasteiger partial charge in [-0.05, 0) is 60.8 Å². The Morgan fingerprint density at radius 1 is 1.03 bits per heavy atom. The SMILES string of the molecule is CCn1c(C)cn(CC(=O)N2CCC(c3csc(-c4cc(C(C)(C)C)cc(C(C)(C)C)c4)n3)CC2)c1=O. The molecular formula is C30H42N4O2S. The Hall–Kier alpha value is -2.67. The highest BCUT2D eigenvalue weighted by molar-refractivity contribution is 7.13. The third kappa shape index (κ3) is 5.92. The minimum atomic E-state index is -0.108. The van der Waals surface area contributed by atoms with Gasteiger partial charge in [-0.2, -0.15) is 0 Å². The Bertz CT molecular complexity index is 1290. The Morgan fingerprint density at radius 2 is 1.62 bits per heavy atom. The zero-order chi connectivity index (χ0) is 27.1. The fourth-order valence-corrected chi connectivity index (χ4v) is 5.94. The minimum Gasteiger partial charge on any atom is -0.341 e. The number of carbonyl (C=O) groups excluding carboxylic acids is 1. The zero-order valence-corrected chi connectivity index (χ0v) is 24.5. The van der Waals surface area contributed by atoms with Crippen LogP contribution >= 0.6 is 11.3 Å². The van der Waals surface area contributed by atoms with Crippen LogP contribution in [0.15, 0.2) is 34.6 Å².